The first kappa shape index (κ1) is 43.1. The summed E-state index contributed by atoms with van der Waals surface area (Å²) in [6, 6.07) is 5.93. The topological polar surface area (TPSA) is 154 Å². The Morgan fingerprint density at radius 2 is 1.57 bits per heavy atom. The summed E-state index contributed by atoms with van der Waals surface area (Å²) in [4.78, 5) is 77.3. The van der Waals surface area contributed by atoms with Gasteiger partial charge in [0.25, 0.3) is 5.91 Å². The van der Waals surface area contributed by atoms with Crippen LogP contribution in [-0.2, 0) is 33.5 Å². The third kappa shape index (κ3) is 17.1. The number of carbonyl (C=O) groups is 6. The van der Waals surface area contributed by atoms with Crippen LogP contribution in [0.1, 0.15) is 64.5 Å². The second-order valence-corrected chi connectivity index (χ2v) is 11.5. The molecule has 14 heteroatoms. The largest absolute Gasteiger partial charge is 0.382 e. The maximum absolute atomic E-state index is 12.7. The highest BCUT2D eigenvalue weighted by Gasteiger charge is 2.36. The fourth-order valence-corrected chi connectivity index (χ4v) is 4.63. The number of hydrogen-bond donors (Lipinski definition) is 5. The molecule has 1 aromatic carbocycles. The van der Waals surface area contributed by atoms with Gasteiger partial charge in [0.05, 0.1) is 25.2 Å². The number of hydrogen-bond acceptors (Lipinski definition) is 10. The van der Waals surface area contributed by atoms with E-state index in [1.165, 1.54) is 17.7 Å². The Labute approximate surface area is 284 Å². The third-order valence-electron chi connectivity index (χ3n) is 6.63. The molecule has 2 rings (SSSR count). The minimum Gasteiger partial charge on any atom is -0.382 e. The number of nitrogens with zero attached hydrogens (tertiary/aromatic N) is 2. The van der Waals surface area contributed by atoms with Crippen LogP contribution in [0.2, 0.25) is 0 Å². The first-order chi connectivity index (χ1) is 21.9. The van der Waals surface area contributed by atoms with Crippen molar-refractivity contribution in [1.82, 2.24) is 25.8 Å². The van der Waals surface area contributed by atoms with Gasteiger partial charge in [-0.25, -0.2) is 0 Å². The van der Waals surface area contributed by atoms with Gasteiger partial charge in [-0.15, -0.1) is 0 Å². The fourth-order valence-electron chi connectivity index (χ4n) is 4.18. The van der Waals surface area contributed by atoms with Crippen molar-refractivity contribution in [3.05, 3.63) is 35.9 Å². The van der Waals surface area contributed by atoms with Crippen LogP contribution in [0.4, 0.5) is 0 Å². The van der Waals surface area contributed by atoms with E-state index in [1.54, 1.807) is 63.3 Å². The maximum atomic E-state index is 12.7. The smallest absolute Gasteiger partial charge is 0.290 e. The molecule has 3 N–H and O–H groups in total. The lowest BCUT2D eigenvalue weighted by Gasteiger charge is -2.23. The summed E-state index contributed by atoms with van der Waals surface area (Å²) in [5.74, 6) is -1.49. The zero-order valence-electron chi connectivity index (χ0n) is 28.0. The van der Waals surface area contributed by atoms with Gasteiger partial charge in [0.1, 0.15) is 11.8 Å². The van der Waals surface area contributed by atoms with E-state index in [1.807, 2.05) is 13.8 Å². The molecular formula is C32H53N5O7S2. The minimum absolute atomic E-state index is 0.0516. The van der Waals surface area contributed by atoms with Gasteiger partial charge in [-0.2, -0.15) is 25.3 Å². The van der Waals surface area contributed by atoms with Crippen molar-refractivity contribution >= 4 is 60.5 Å². The van der Waals surface area contributed by atoms with Gasteiger partial charge in [0.2, 0.25) is 23.5 Å². The third-order valence-corrected chi connectivity index (χ3v) is 7.26. The molecule has 1 saturated heterocycles. The molecule has 1 aliphatic heterocycles. The molecule has 0 spiro atoms. The van der Waals surface area contributed by atoms with Crippen molar-refractivity contribution in [2.24, 2.45) is 0 Å². The number of thiol groups is 2. The zero-order valence-corrected chi connectivity index (χ0v) is 29.8. The quantitative estimate of drug-likeness (QED) is 0.101. The molecule has 46 heavy (non-hydrogen) atoms. The number of ketones is 2. The highest BCUT2D eigenvalue weighted by molar-refractivity contribution is 7.80. The number of benzene rings is 1. The van der Waals surface area contributed by atoms with Crippen LogP contribution in [0.15, 0.2) is 30.3 Å². The van der Waals surface area contributed by atoms with Crippen molar-refractivity contribution in [2.75, 3.05) is 59.0 Å². The van der Waals surface area contributed by atoms with Gasteiger partial charge in [-0.1, -0.05) is 43.7 Å². The fraction of sp³-hybridized carbons (Fsp3) is 0.625. The Balaban J connectivity index is 0.00000157. The van der Waals surface area contributed by atoms with Crippen LogP contribution >= 0.6 is 25.3 Å². The van der Waals surface area contributed by atoms with E-state index in [4.69, 9.17) is 4.74 Å². The molecule has 3 atom stereocenters. The van der Waals surface area contributed by atoms with Crippen molar-refractivity contribution < 1.29 is 33.5 Å². The molecule has 1 fully saturated rings. The number of nitrogens with one attached hydrogen (secondary N) is 3. The van der Waals surface area contributed by atoms with Crippen molar-refractivity contribution in [3.63, 3.8) is 0 Å². The normalized spacial score (nSPS) is 15.2. The van der Waals surface area contributed by atoms with Crippen molar-refractivity contribution in [1.29, 1.82) is 0 Å². The molecule has 1 aliphatic rings. The number of Topliss-reactive ketones (excluding diaryl/α,β-unsaturated/α-hetero) is 2. The van der Waals surface area contributed by atoms with Gasteiger partial charge >= 0.3 is 0 Å². The van der Waals surface area contributed by atoms with Crippen molar-refractivity contribution in [2.45, 2.75) is 71.0 Å². The number of amides is 4. The predicted molar refractivity (Wildman–Crippen MR) is 186 cm³/mol. The molecule has 1 heterocycles. The van der Waals surface area contributed by atoms with E-state index >= 15 is 0 Å². The molecule has 0 aliphatic carbocycles. The highest BCUT2D eigenvalue weighted by Crippen LogP contribution is 2.15. The lowest BCUT2D eigenvalue weighted by molar-refractivity contribution is -0.141. The molecule has 2 unspecified atom stereocenters. The first-order valence-electron chi connectivity index (χ1n) is 15.6. The molecule has 0 aromatic heterocycles. The summed E-state index contributed by atoms with van der Waals surface area (Å²) < 4.78 is 4.83. The Hall–Kier alpha value is -2.94. The molecule has 0 bridgehead atoms. The molecule has 0 saturated carbocycles. The summed E-state index contributed by atoms with van der Waals surface area (Å²) in [6.45, 7) is 7.09. The van der Waals surface area contributed by atoms with Crippen LogP contribution < -0.4 is 16.0 Å². The number of likely N-dealkylation sites (N-methyl/N-ethyl adjacent to an activating group) is 2. The second kappa shape index (κ2) is 25.2. The zero-order chi connectivity index (χ0) is 35.1. The number of ether oxygens (including phenoxy) is 1. The molecule has 260 valence electrons. The van der Waals surface area contributed by atoms with E-state index in [-0.39, 0.29) is 31.1 Å². The summed E-state index contributed by atoms with van der Waals surface area (Å²) in [5.41, 5.74) is 0.572. The average Bonchev–Trinajstić information content (AvgIpc) is 3.39. The standard InChI is InChI=1S/C24H33N5O6.C4H10O.C4H10S2/c1-5-9-17(26-22(33)18-12-16(30)14-29(18)4)21(32)23(34)25-13-19(31)27-20(24(35)28(2)3)15-10-7-6-8-11-15;1-3-5-4-2;5-3-1-2-4-6/h6-8,10-11,17-18,20H,5,9,12-14H2,1-4H3,(H,25,34)(H,26,33)(H,27,31);3-4H2,1-2H3;5-6H,1-4H2/t17?,18?,20-;;/m1../s1. The average molecular weight is 684 g/mol. The van der Waals surface area contributed by atoms with E-state index < -0.39 is 48.2 Å². The molecular weight excluding hydrogens is 631 g/mol. The minimum atomic E-state index is -1.08. The number of rotatable bonds is 16. The van der Waals surface area contributed by atoms with Crippen LogP contribution in [0.3, 0.4) is 0 Å². The van der Waals surface area contributed by atoms with Crippen LogP contribution in [0, 0.1) is 0 Å². The lowest BCUT2D eigenvalue weighted by Crippen LogP contribution is -2.52. The predicted octanol–water partition coefficient (Wildman–Crippen LogP) is 1.84. The Bertz CT molecular complexity index is 1090. The van der Waals surface area contributed by atoms with Crippen LogP contribution in [0.5, 0.6) is 0 Å². The monoisotopic (exact) mass is 683 g/mol. The molecule has 1 aromatic rings. The van der Waals surface area contributed by atoms with Crippen molar-refractivity contribution in [3.8, 4) is 0 Å². The number of likely N-dealkylation sites (tertiary alicyclic amines) is 1. The van der Waals surface area contributed by atoms with Crippen LogP contribution in [-0.4, -0.2) is 116 Å². The number of unbranched alkanes of at least 4 members (excludes halogenated alkanes) is 1. The van der Waals surface area contributed by atoms with E-state index in [0.717, 1.165) is 24.7 Å². The summed E-state index contributed by atoms with van der Waals surface area (Å²) in [6.07, 6.45) is 3.20. The summed E-state index contributed by atoms with van der Waals surface area (Å²) in [7, 11) is 4.76. The molecule has 4 amide bonds. The van der Waals surface area contributed by atoms with Gasteiger partial charge in [0, 0.05) is 33.7 Å². The SMILES string of the molecule is CCCC(NC(=O)C1CC(=O)CN1C)C(=O)C(=O)NCC(=O)N[C@@H](C(=O)N(C)C)c1ccccc1.CCOCC.SCCCCS. The summed E-state index contributed by atoms with van der Waals surface area (Å²) >= 11 is 8.04. The first-order valence-corrected chi connectivity index (χ1v) is 16.8. The molecule has 0 radical (unpaired) electrons. The van der Waals surface area contributed by atoms with Crippen LogP contribution in [0.25, 0.3) is 0 Å². The lowest BCUT2D eigenvalue weighted by atomic mass is 10.0. The van der Waals surface area contributed by atoms with Gasteiger partial charge in [-0.05, 0) is 57.2 Å². The molecule has 12 nitrogen and oxygen atoms in total. The second-order valence-electron chi connectivity index (χ2n) is 10.7. The van der Waals surface area contributed by atoms with Gasteiger partial charge in [-0.3, -0.25) is 33.7 Å². The Kier molecular flexibility index (Phi) is 23.6. The Morgan fingerprint density at radius 3 is 2.00 bits per heavy atom. The summed E-state index contributed by atoms with van der Waals surface area (Å²) in [5, 5.41) is 7.41. The maximum Gasteiger partial charge on any atom is 0.290 e. The number of carbonyl (C=O) groups excluding carboxylic acids is 6. The van der Waals surface area contributed by atoms with E-state index in [9.17, 15) is 28.8 Å². The Morgan fingerprint density at radius 1 is 0.978 bits per heavy atom. The van der Waals surface area contributed by atoms with Gasteiger partial charge < -0.3 is 25.6 Å². The highest BCUT2D eigenvalue weighted by atomic mass is 32.1. The van der Waals surface area contributed by atoms with Gasteiger partial charge in [0.15, 0.2) is 0 Å². The van der Waals surface area contributed by atoms with E-state index in [2.05, 4.69) is 41.2 Å². The van der Waals surface area contributed by atoms with E-state index in [0.29, 0.717) is 12.0 Å².